The third-order valence-corrected chi connectivity index (χ3v) is 4.75. The quantitative estimate of drug-likeness (QED) is 0.808. The standard InChI is InChI=1S/C15H20BrNO/c1-3-12-6-8-17(9-7-12)15(18)13-5-4-11(2)14(16)10-13/h4-5,10,12H,3,6-9H2,1-2H3. The molecule has 3 heteroatoms. The Kier molecular flexibility index (Phi) is 4.44. The van der Waals surface area contributed by atoms with Crippen LogP contribution >= 0.6 is 15.9 Å². The molecule has 0 N–H and O–H groups in total. The number of hydrogen-bond acceptors (Lipinski definition) is 1. The Morgan fingerprint density at radius 3 is 2.61 bits per heavy atom. The highest BCUT2D eigenvalue weighted by Gasteiger charge is 2.22. The minimum Gasteiger partial charge on any atom is -0.339 e. The summed E-state index contributed by atoms with van der Waals surface area (Å²) in [5.74, 6) is 0.976. The average Bonchev–Trinajstić information content (AvgIpc) is 2.41. The number of aryl methyl sites for hydroxylation is 1. The molecule has 0 aliphatic carbocycles. The second kappa shape index (κ2) is 5.87. The summed E-state index contributed by atoms with van der Waals surface area (Å²) in [6, 6.07) is 5.86. The van der Waals surface area contributed by atoms with Crippen LogP contribution in [0.1, 0.15) is 42.1 Å². The molecule has 1 amide bonds. The van der Waals surface area contributed by atoms with Crippen LogP contribution in [-0.2, 0) is 0 Å². The molecule has 18 heavy (non-hydrogen) atoms. The Hall–Kier alpha value is -0.830. The SMILES string of the molecule is CCC1CCN(C(=O)c2ccc(C)c(Br)c2)CC1. The fourth-order valence-corrected chi connectivity index (χ4v) is 2.83. The number of rotatable bonds is 2. The van der Waals surface area contributed by atoms with Crippen molar-refractivity contribution < 1.29 is 4.79 Å². The van der Waals surface area contributed by atoms with E-state index in [2.05, 4.69) is 22.9 Å². The Morgan fingerprint density at radius 2 is 2.06 bits per heavy atom. The predicted octanol–water partition coefficient (Wildman–Crippen LogP) is 4.02. The third-order valence-electron chi connectivity index (χ3n) is 3.90. The number of likely N-dealkylation sites (tertiary alicyclic amines) is 1. The van der Waals surface area contributed by atoms with Gasteiger partial charge in [0.1, 0.15) is 0 Å². The van der Waals surface area contributed by atoms with Crippen molar-refractivity contribution in [3.05, 3.63) is 33.8 Å². The van der Waals surface area contributed by atoms with E-state index in [4.69, 9.17) is 0 Å². The molecule has 0 spiro atoms. The minimum absolute atomic E-state index is 0.172. The molecule has 0 bridgehead atoms. The minimum atomic E-state index is 0.172. The van der Waals surface area contributed by atoms with Gasteiger partial charge in [0.2, 0.25) is 0 Å². The van der Waals surface area contributed by atoms with Crippen molar-refractivity contribution in [3.63, 3.8) is 0 Å². The van der Waals surface area contributed by atoms with Crippen molar-refractivity contribution in [2.75, 3.05) is 13.1 Å². The third kappa shape index (κ3) is 2.94. The van der Waals surface area contributed by atoms with Gasteiger partial charge in [-0.3, -0.25) is 4.79 Å². The predicted molar refractivity (Wildman–Crippen MR) is 77.8 cm³/mol. The maximum absolute atomic E-state index is 12.4. The van der Waals surface area contributed by atoms with E-state index in [0.29, 0.717) is 0 Å². The van der Waals surface area contributed by atoms with Gasteiger partial charge >= 0.3 is 0 Å². The fourth-order valence-electron chi connectivity index (χ4n) is 2.45. The van der Waals surface area contributed by atoms with Gasteiger partial charge in [-0.1, -0.05) is 35.3 Å². The van der Waals surface area contributed by atoms with Crippen LogP contribution in [0.5, 0.6) is 0 Å². The number of nitrogens with zero attached hydrogens (tertiary/aromatic N) is 1. The van der Waals surface area contributed by atoms with Gasteiger partial charge in [-0.15, -0.1) is 0 Å². The topological polar surface area (TPSA) is 20.3 Å². The molecule has 0 saturated carbocycles. The van der Waals surface area contributed by atoms with Gasteiger partial charge in [0.25, 0.3) is 5.91 Å². The average molecular weight is 310 g/mol. The highest BCUT2D eigenvalue weighted by Crippen LogP contribution is 2.23. The van der Waals surface area contributed by atoms with E-state index < -0.39 is 0 Å². The van der Waals surface area contributed by atoms with Crippen LogP contribution in [0.15, 0.2) is 22.7 Å². The zero-order chi connectivity index (χ0) is 13.1. The molecule has 1 saturated heterocycles. The number of benzene rings is 1. The van der Waals surface area contributed by atoms with Gasteiger partial charge in [0.15, 0.2) is 0 Å². The number of amides is 1. The molecule has 1 aliphatic rings. The smallest absolute Gasteiger partial charge is 0.253 e. The largest absolute Gasteiger partial charge is 0.339 e. The molecule has 0 aromatic heterocycles. The summed E-state index contributed by atoms with van der Waals surface area (Å²) < 4.78 is 1.01. The summed E-state index contributed by atoms with van der Waals surface area (Å²) in [7, 11) is 0. The number of piperidine rings is 1. The molecule has 98 valence electrons. The normalized spacial score (nSPS) is 16.9. The molecule has 1 aromatic rings. The van der Waals surface area contributed by atoms with Crippen molar-refractivity contribution in [2.24, 2.45) is 5.92 Å². The lowest BCUT2D eigenvalue weighted by atomic mass is 9.94. The van der Waals surface area contributed by atoms with Gasteiger partial charge in [-0.2, -0.15) is 0 Å². The molecule has 1 aliphatic heterocycles. The zero-order valence-electron chi connectivity index (χ0n) is 11.1. The van der Waals surface area contributed by atoms with E-state index >= 15 is 0 Å². The zero-order valence-corrected chi connectivity index (χ0v) is 12.7. The molecule has 1 fully saturated rings. The Bertz CT molecular complexity index is 436. The molecule has 0 unspecified atom stereocenters. The number of carbonyl (C=O) groups is 1. The lowest BCUT2D eigenvalue weighted by Gasteiger charge is -2.31. The van der Waals surface area contributed by atoms with Crippen molar-refractivity contribution >= 4 is 21.8 Å². The fraction of sp³-hybridized carbons (Fsp3) is 0.533. The van der Waals surface area contributed by atoms with Gasteiger partial charge in [0.05, 0.1) is 0 Å². The van der Waals surface area contributed by atoms with Crippen LogP contribution in [0.4, 0.5) is 0 Å². The monoisotopic (exact) mass is 309 g/mol. The van der Waals surface area contributed by atoms with Crippen molar-refractivity contribution in [2.45, 2.75) is 33.1 Å². The molecular weight excluding hydrogens is 290 g/mol. The second-order valence-electron chi connectivity index (χ2n) is 5.11. The Balaban J connectivity index is 2.05. The van der Waals surface area contributed by atoms with Crippen molar-refractivity contribution in [1.29, 1.82) is 0 Å². The number of hydrogen-bond donors (Lipinski definition) is 0. The Labute approximate surface area is 117 Å². The van der Waals surface area contributed by atoms with Crippen molar-refractivity contribution in [1.82, 2.24) is 4.90 Å². The highest BCUT2D eigenvalue weighted by molar-refractivity contribution is 9.10. The maximum atomic E-state index is 12.4. The lowest BCUT2D eigenvalue weighted by molar-refractivity contribution is 0.0688. The van der Waals surface area contributed by atoms with Gasteiger partial charge in [-0.05, 0) is 43.4 Å². The van der Waals surface area contributed by atoms with Crippen LogP contribution in [0.2, 0.25) is 0 Å². The van der Waals surface area contributed by atoms with E-state index in [0.717, 1.165) is 47.4 Å². The number of carbonyl (C=O) groups excluding carboxylic acids is 1. The van der Waals surface area contributed by atoms with Crippen LogP contribution in [0.25, 0.3) is 0 Å². The molecule has 0 atom stereocenters. The summed E-state index contributed by atoms with van der Waals surface area (Å²) in [6.07, 6.45) is 3.53. The first kappa shape index (κ1) is 13.6. The summed E-state index contributed by atoms with van der Waals surface area (Å²) in [4.78, 5) is 14.4. The number of halogens is 1. The molecule has 2 nitrogen and oxygen atoms in total. The molecule has 1 heterocycles. The van der Waals surface area contributed by atoms with E-state index in [1.807, 2.05) is 30.0 Å². The first-order chi connectivity index (χ1) is 8.61. The first-order valence-electron chi connectivity index (χ1n) is 6.67. The maximum Gasteiger partial charge on any atom is 0.253 e. The van der Waals surface area contributed by atoms with Crippen LogP contribution in [0, 0.1) is 12.8 Å². The summed E-state index contributed by atoms with van der Waals surface area (Å²) in [6.45, 7) is 6.08. The molecular formula is C15H20BrNO. The van der Waals surface area contributed by atoms with Gasteiger partial charge < -0.3 is 4.90 Å². The van der Waals surface area contributed by atoms with E-state index in [1.54, 1.807) is 0 Å². The van der Waals surface area contributed by atoms with Crippen LogP contribution in [0.3, 0.4) is 0 Å². The summed E-state index contributed by atoms with van der Waals surface area (Å²) in [5, 5.41) is 0. The molecule has 1 aromatic carbocycles. The van der Waals surface area contributed by atoms with Crippen molar-refractivity contribution in [3.8, 4) is 0 Å². The first-order valence-corrected chi connectivity index (χ1v) is 7.46. The van der Waals surface area contributed by atoms with Crippen LogP contribution in [-0.4, -0.2) is 23.9 Å². The molecule has 2 rings (SSSR count). The lowest BCUT2D eigenvalue weighted by Crippen LogP contribution is -2.38. The van der Waals surface area contributed by atoms with E-state index in [9.17, 15) is 4.79 Å². The van der Waals surface area contributed by atoms with Crippen LogP contribution < -0.4 is 0 Å². The van der Waals surface area contributed by atoms with Gasteiger partial charge in [0, 0.05) is 23.1 Å². The summed E-state index contributed by atoms with van der Waals surface area (Å²) in [5.41, 5.74) is 1.96. The van der Waals surface area contributed by atoms with E-state index in [-0.39, 0.29) is 5.91 Å². The Morgan fingerprint density at radius 1 is 1.39 bits per heavy atom. The van der Waals surface area contributed by atoms with Gasteiger partial charge in [-0.25, -0.2) is 0 Å². The summed E-state index contributed by atoms with van der Waals surface area (Å²) >= 11 is 3.49. The second-order valence-corrected chi connectivity index (χ2v) is 5.96. The highest BCUT2D eigenvalue weighted by atomic mass is 79.9. The molecule has 0 radical (unpaired) electrons. The van der Waals surface area contributed by atoms with E-state index in [1.165, 1.54) is 6.42 Å².